The van der Waals surface area contributed by atoms with Gasteiger partial charge >= 0.3 is 5.97 Å². The van der Waals surface area contributed by atoms with Crippen LogP contribution in [0.3, 0.4) is 0 Å². The highest BCUT2D eigenvalue weighted by atomic mass is 32.1. The maximum atomic E-state index is 15.3. The second kappa shape index (κ2) is 46.9. The van der Waals surface area contributed by atoms with Crippen LogP contribution in [0.15, 0.2) is 85.8 Å². The number of unbranched alkanes of at least 4 members (excludes halogenated alkanes) is 1. The molecule has 3 aromatic heterocycles. The van der Waals surface area contributed by atoms with Crippen molar-refractivity contribution in [2.24, 2.45) is 17.2 Å². The molecule has 0 aliphatic carbocycles. The van der Waals surface area contributed by atoms with Crippen LogP contribution in [0.25, 0.3) is 10.9 Å². The number of H-pyrrole nitrogens is 3. The van der Waals surface area contributed by atoms with E-state index in [1.165, 1.54) is 46.7 Å². The molecule has 14 amide bonds. The van der Waals surface area contributed by atoms with Crippen molar-refractivity contribution in [3.05, 3.63) is 108 Å². The number of guanidine groups is 2. The summed E-state index contributed by atoms with van der Waals surface area (Å²) < 4.78 is 0. The molecule has 3 saturated heterocycles. The maximum Gasteiger partial charge on any atom is 0.303 e. The molecule has 121 heavy (non-hydrogen) atoms. The number of nitrogens with two attached hydrogens (primary N) is 3. The normalized spacial score (nSPS) is 17.4. The van der Waals surface area contributed by atoms with Crippen molar-refractivity contribution in [1.29, 1.82) is 10.8 Å². The summed E-state index contributed by atoms with van der Waals surface area (Å²) in [5.74, 6) is -13.5. The average Bonchev–Trinajstić information content (AvgIpc) is 1.67. The number of primary amides is 1. The van der Waals surface area contributed by atoms with Crippen LogP contribution in [0.1, 0.15) is 133 Å². The van der Waals surface area contributed by atoms with Crippen molar-refractivity contribution >= 4 is 137 Å². The van der Waals surface area contributed by atoms with E-state index < -0.39 is 180 Å². The molecule has 3 fully saturated rings. The molecule has 41 nitrogen and oxygen atoms in total. The van der Waals surface area contributed by atoms with Crippen LogP contribution in [0.2, 0.25) is 0 Å². The minimum atomic E-state index is -1.57. The highest BCUT2D eigenvalue weighted by molar-refractivity contribution is 7.80. The zero-order chi connectivity index (χ0) is 87.8. The number of rotatable bonds is 47. The highest BCUT2D eigenvalue weighted by Gasteiger charge is 2.46. The number of carbonyl (C=O) groups is 15. The van der Waals surface area contributed by atoms with E-state index >= 15 is 24.0 Å². The SMILES string of the molecule is CCCC[C@H](NC(=O)[C@H](CCC(=O)O)NC(=O)[C@@H](CCCNC(=N)N)NC(=O)[C@@H]1CCCN1C(=O)[C@@H]1CCCN1C(=O)[C@H](CS)NC(=O)[C@H](Cc1c[nH]c2ccccc12)NC(=O)[C@H](Cc1c[nH]cn1)NC(=O)[C@@H](Cc1ccccc1)NC(=O)[C@H](Cc1c[nH]cn1)NC(=O)[C@@H]1CCCN1C(=O)[C@H](CS)NC(=O)[C@H](CCCNC(=N)N)NC(C)=O)C(N)=O. The van der Waals surface area contributed by atoms with E-state index in [4.69, 9.17) is 28.0 Å². The number of benzene rings is 2. The van der Waals surface area contributed by atoms with E-state index in [0.29, 0.717) is 66.2 Å². The van der Waals surface area contributed by atoms with Crippen LogP contribution in [0.4, 0.5) is 0 Å². The van der Waals surface area contributed by atoms with Crippen LogP contribution in [0.5, 0.6) is 0 Å². The minimum absolute atomic E-state index is 0.0278. The number of likely N-dealkylation sites (tertiary alicyclic amines) is 3. The van der Waals surface area contributed by atoms with Crippen molar-refractivity contribution in [3.8, 4) is 0 Å². The third-order valence-corrected chi connectivity index (χ3v) is 21.8. The van der Waals surface area contributed by atoms with E-state index in [1.807, 2.05) is 6.92 Å². The van der Waals surface area contributed by atoms with Gasteiger partial charge in [-0.15, -0.1) is 0 Å². The van der Waals surface area contributed by atoms with Crippen molar-refractivity contribution in [1.82, 2.24) is 103 Å². The minimum Gasteiger partial charge on any atom is -0.481 e. The van der Waals surface area contributed by atoms with Gasteiger partial charge in [-0.3, -0.25) is 82.7 Å². The number of hydrogen-bond acceptors (Lipinski definition) is 21. The number of fused-ring (bicyclic) bond motifs is 1. The lowest BCUT2D eigenvalue weighted by Crippen LogP contribution is -2.61. The molecule has 2 aromatic carbocycles. The number of aromatic nitrogens is 5. The fourth-order valence-electron chi connectivity index (χ4n) is 14.8. The molecule has 5 aromatic rings. The molecular weight excluding hydrogens is 1610 g/mol. The van der Waals surface area contributed by atoms with Gasteiger partial charge in [-0.25, -0.2) is 9.97 Å². The van der Waals surface area contributed by atoms with Gasteiger partial charge in [-0.1, -0.05) is 68.3 Å². The van der Waals surface area contributed by atoms with Gasteiger partial charge in [-0.05, 0) is 94.2 Å². The highest BCUT2D eigenvalue weighted by Crippen LogP contribution is 2.28. The second-order valence-corrected chi connectivity index (χ2v) is 30.7. The summed E-state index contributed by atoms with van der Waals surface area (Å²) in [6.45, 7) is 3.53. The van der Waals surface area contributed by atoms with Crippen molar-refractivity contribution in [3.63, 3.8) is 0 Å². The van der Waals surface area contributed by atoms with E-state index in [2.05, 4.69) is 114 Å². The molecule has 0 spiro atoms. The summed E-state index contributed by atoms with van der Waals surface area (Å²) in [6, 6.07) is -1.77. The molecule has 0 radical (unpaired) electrons. The van der Waals surface area contributed by atoms with Crippen LogP contribution in [-0.4, -0.2) is 268 Å². The summed E-state index contributed by atoms with van der Waals surface area (Å²) in [6.07, 6.45) is 8.54. The molecule has 0 unspecified atom stereocenters. The van der Waals surface area contributed by atoms with E-state index in [1.54, 1.807) is 60.8 Å². The molecule has 24 N–H and O–H groups in total. The number of amides is 14. The van der Waals surface area contributed by atoms with E-state index in [-0.39, 0.29) is 132 Å². The topological polar surface area (TPSA) is 629 Å². The summed E-state index contributed by atoms with van der Waals surface area (Å²) >= 11 is 8.89. The largest absolute Gasteiger partial charge is 0.481 e. The fourth-order valence-corrected chi connectivity index (χ4v) is 15.3. The van der Waals surface area contributed by atoms with Crippen LogP contribution in [-0.2, 0) is 97.6 Å². The number of carboxylic acids is 1. The average molecular weight is 1720 g/mol. The molecule has 0 saturated carbocycles. The van der Waals surface area contributed by atoms with Crippen LogP contribution in [0, 0.1) is 10.8 Å². The van der Waals surface area contributed by atoms with Gasteiger partial charge in [0, 0.05) is 113 Å². The Morgan fingerprint density at radius 1 is 0.488 bits per heavy atom. The number of hydrogen-bond donors (Lipinski definition) is 23. The Morgan fingerprint density at radius 2 is 0.901 bits per heavy atom. The van der Waals surface area contributed by atoms with E-state index in [9.17, 15) is 53.1 Å². The lowest BCUT2D eigenvalue weighted by molar-refractivity contribution is -0.148. The number of nitrogens with zero attached hydrogens (tertiary/aromatic N) is 5. The zero-order valence-electron chi connectivity index (χ0n) is 67.4. The Morgan fingerprint density at radius 3 is 1.39 bits per heavy atom. The van der Waals surface area contributed by atoms with E-state index in [0.717, 1.165) is 0 Å². The Hall–Kier alpha value is -12.3. The molecule has 0 bridgehead atoms. The van der Waals surface area contributed by atoms with Crippen LogP contribution < -0.4 is 81.0 Å². The first kappa shape index (κ1) is 94.2. The Kier molecular flexibility index (Phi) is 36.5. The number of para-hydroxylation sites is 1. The lowest BCUT2D eigenvalue weighted by atomic mass is 10.0. The molecule has 3 aliphatic rings. The number of carboxylic acid groups (broad SMARTS) is 1. The molecule has 8 rings (SSSR count). The molecule has 13 atom stereocenters. The number of nitrogens with one attached hydrogen (secondary N) is 17. The first-order chi connectivity index (χ1) is 58.0. The van der Waals surface area contributed by atoms with Crippen molar-refractivity contribution < 1.29 is 77.0 Å². The Labute approximate surface area is 708 Å². The molecule has 656 valence electrons. The van der Waals surface area contributed by atoms with Gasteiger partial charge in [-0.2, -0.15) is 25.3 Å². The van der Waals surface area contributed by atoms with Gasteiger partial charge < -0.3 is 116 Å². The predicted molar refractivity (Wildman–Crippen MR) is 448 cm³/mol. The predicted octanol–water partition coefficient (Wildman–Crippen LogP) is -3.35. The zero-order valence-corrected chi connectivity index (χ0v) is 69.2. The van der Waals surface area contributed by atoms with Gasteiger partial charge in [0.1, 0.15) is 78.5 Å². The quantitative estimate of drug-likeness (QED) is 0.00783. The maximum absolute atomic E-state index is 15.3. The van der Waals surface area contributed by atoms with Gasteiger partial charge in [0.15, 0.2) is 11.9 Å². The number of aliphatic carboxylic acids is 1. The number of imidazole rings is 2. The molecule has 43 heteroatoms. The molecular formula is C78H111N25O16S2. The van der Waals surface area contributed by atoms with Gasteiger partial charge in [0.05, 0.1) is 24.0 Å². The van der Waals surface area contributed by atoms with Gasteiger partial charge in [0.2, 0.25) is 82.7 Å². The summed E-state index contributed by atoms with van der Waals surface area (Å²) in [5, 5.41) is 57.5. The Balaban J connectivity index is 0.997. The van der Waals surface area contributed by atoms with Gasteiger partial charge in [0.25, 0.3) is 0 Å². The number of aromatic amines is 3. The van der Waals surface area contributed by atoms with Crippen LogP contribution >= 0.6 is 25.3 Å². The summed E-state index contributed by atoms with van der Waals surface area (Å²) in [7, 11) is 0. The Bertz CT molecular complexity index is 4440. The lowest BCUT2D eigenvalue weighted by Gasteiger charge is -2.33. The van der Waals surface area contributed by atoms with Crippen molar-refractivity contribution in [2.75, 3.05) is 44.2 Å². The summed E-state index contributed by atoms with van der Waals surface area (Å²) in [4.78, 5) is 234. The first-order valence-electron chi connectivity index (χ1n) is 40.3. The second-order valence-electron chi connectivity index (χ2n) is 30.0. The smallest absolute Gasteiger partial charge is 0.303 e. The molecule has 6 heterocycles. The molecule has 3 aliphatic heterocycles. The third kappa shape index (κ3) is 28.2. The standard InChI is InChI=1S/C78H111N25O16S2/c1-3-4-18-50(64(79)107)92-67(110)53(25-26-63(105)106)93-66(109)52(21-11-28-87-78(82)83)94-72(115)61-23-13-30-102(61)76(119)62-24-14-31-103(62)75(118)59(40-121)100-69(112)55(33-45-36-88-49-19-9-8-17-48(45)49)96-70(113)56(34-46-37-84-41-89-46)97-68(111)54(32-44-15-6-5-7-16-44)95-71(114)57(35-47-38-85-42-90-47)98-73(116)60-22-12-29-101(60)74(117)58(39-120)99-65(108)51(91-43(2)104)20-10-27-86-77(80)81/h5-9,15-17,19,36-38,41-42,50-62,88,120-121H,3-4,10-14,18,20-35,39-40H2,1-2H3,(H2,79,107)(H,84,89)(H,85,90)(H,91,104)(H,92,110)(H,93,109)(H,94,115)(H,95,114)(H,96,113)(H,97,111)(H,98,116)(H,99,108)(H,100,112)(H,105,106)(H4,80,81,86)(H4,82,83,87)/t50-,51-,52+,53-,54+,55-,56-,57-,58-,59-,60-,61-,62-/m0/s1. The first-order valence-corrected chi connectivity index (χ1v) is 41.6. The monoisotopic (exact) mass is 1720 g/mol. The summed E-state index contributed by atoms with van der Waals surface area (Å²) in [5.41, 5.74) is 18.8. The van der Waals surface area contributed by atoms with Crippen molar-refractivity contribution in [2.45, 2.75) is 214 Å². The third-order valence-electron chi connectivity index (χ3n) is 21.0. The number of thiol groups is 2. The number of carbonyl (C=O) groups excluding carboxylic acids is 14. The fraction of sp³-hybridized carbons (Fsp3) is 0.526.